The van der Waals surface area contributed by atoms with Gasteiger partial charge in [0.25, 0.3) is 0 Å². The monoisotopic (exact) mass is 334 g/mol. The molecule has 0 bridgehead atoms. The lowest BCUT2D eigenvalue weighted by Crippen LogP contribution is -2.35. The Morgan fingerprint density at radius 3 is 2.35 bits per heavy atom. The lowest BCUT2D eigenvalue weighted by molar-refractivity contribution is -0.116. The standard InChI is InChI=1S/C13H26O5.C4H8O/c1-15-5-4-10(7-16-2)13-12(9-17-3)11(6-14)8-18-13;1-3-4(2)5/h10-14H,4-9H2,1-3H3;3H2,1-2H3. The van der Waals surface area contributed by atoms with Gasteiger partial charge in [0.05, 0.1) is 25.9 Å². The molecule has 1 heterocycles. The third-order valence-corrected chi connectivity index (χ3v) is 4.16. The Balaban J connectivity index is 0.000000841. The van der Waals surface area contributed by atoms with Crippen molar-refractivity contribution in [2.24, 2.45) is 17.8 Å². The van der Waals surface area contributed by atoms with Crippen LogP contribution in [0.2, 0.25) is 0 Å². The fourth-order valence-electron chi connectivity index (χ4n) is 2.67. The maximum atomic E-state index is 9.81. The highest BCUT2D eigenvalue weighted by Gasteiger charge is 2.40. The molecule has 0 radical (unpaired) electrons. The van der Waals surface area contributed by atoms with Crippen LogP contribution in [-0.4, -0.2) is 71.4 Å². The molecule has 1 aliphatic heterocycles. The summed E-state index contributed by atoms with van der Waals surface area (Å²) >= 11 is 0. The molecule has 0 amide bonds. The van der Waals surface area contributed by atoms with Crippen molar-refractivity contribution in [3.63, 3.8) is 0 Å². The molecule has 6 nitrogen and oxygen atoms in total. The molecule has 4 atom stereocenters. The number of Topliss-reactive ketones (excluding diaryl/α,β-unsaturated/α-hetero) is 1. The highest BCUT2D eigenvalue weighted by Crippen LogP contribution is 2.33. The van der Waals surface area contributed by atoms with Crippen molar-refractivity contribution in [1.29, 1.82) is 0 Å². The number of aliphatic hydroxyl groups excluding tert-OH is 1. The normalized spacial score (nSPS) is 24.9. The summed E-state index contributed by atoms with van der Waals surface area (Å²) < 4.78 is 21.5. The minimum atomic E-state index is 0.0807. The summed E-state index contributed by atoms with van der Waals surface area (Å²) in [5.41, 5.74) is 0. The number of carbonyl (C=O) groups is 1. The lowest BCUT2D eigenvalue weighted by Gasteiger charge is -2.28. The molecule has 23 heavy (non-hydrogen) atoms. The molecular weight excluding hydrogens is 300 g/mol. The van der Waals surface area contributed by atoms with Gasteiger partial charge in [0.1, 0.15) is 5.78 Å². The van der Waals surface area contributed by atoms with Crippen LogP contribution in [0, 0.1) is 17.8 Å². The SMILES string of the molecule is CCC(C)=O.COCCC(COC)C1OCC(CO)C1COC. The first-order valence-corrected chi connectivity index (χ1v) is 8.24. The van der Waals surface area contributed by atoms with Crippen LogP contribution in [0.4, 0.5) is 0 Å². The van der Waals surface area contributed by atoms with Gasteiger partial charge in [-0.2, -0.15) is 0 Å². The molecule has 1 aliphatic rings. The van der Waals surface area contributed by atoms with E-state index in [1.807, 2.05) is 6.92 Å². The van der Waals surface area contributed by atoms with Crippen molar-refractivity contribution in [3.05, 3.63) is 0 Å². The van der Waals surface area contributed by atoms with E-state index in [4.69, 9.17) is 18.9 Å². The Hall–Kier alpha value is -0.530. The molecule has 0 aromatic carbocycles. The molecule has 138 valence electrons. The molecule has 1 N–H and O–H groups in total. The van der Waals surface area contributed by atoms with Gasteiger partial charge in [-0.15, -0.1) is 0 Å². The fraction of sp³-hybridized carbons (Fsp3) is 0.941. The predicted molar refractivity (Wildman–Crippen MR) is 88.5 cm³/mol. The number of carbonyl (C=O) groups excluding carboxylic acids is 1. The first-order valence-electron chi connectivity index (χ1n) is 8.24. The summed E-state index contributed by atoms with van der Waals surface area (Å²) in [6.45, 7) is 6.13. The van der Waals surface area contributed by atoms with Crippen LogP contribution in [0.1, 0.15) is 26.7 Å². The Bertz CT molecular complexity index is 297. The van der Waals surface area contributed by atoms with Crippen molar-refractivity contribution >= 4 is 5.78 Å². The summed E-state index contributed by atoms with van der Waals surface area (Å²) in [4.78, 5) is 9.81. The Morgan fingerprint density at radius 2 is 1.91 bits per heavy atom. The van der Waals surface area contributed by atoms with Crippen molar-refractivity contribution in [3.8, 4) is 0 Å². The first-order chi connectivity index (χ1) is 11.0. The maximum absolute atomic E-state index is 9.81. The predicted octanol–water partition coefficient (Wildman–Crippen LogP) is 1.54. The van der Waals surface area contributed by atoms with E-state index in [9.17, 15) is 9.90 Å². The first kappa shape index (κ1) is 22.5. The van der Waals surface area contributed by atoms with E-state index in [-0.39, 0.29) is 36.2 Å². The van der Waals surface area contributed by atoms with Gasteiger partial charge in [-0.25, -0.2) is 0 Å². The number of ether oxygens (including phenoxy) is 4. The van der Waals surface area contributed by atoms with Crippen molar-refractivity contribution < 1.29 is 28.8 Å². The van der Waals surface area contributed by atoms with Crippen LogP contribution >= 0.6 is 0 Å². The van der Waals surface area contributed by atoms with Crippen molar-refractivity contribution in [2.45, 2.75) is 32.8 Å². The number of methoxy groups -OCH3 is 3. The molecule has 1 rings (SSSR count). The smallest absolute Gasteiger partial charge is 0.129 e. The third-order valence-electron chi connectivity index (χ3n) is 4.16. The largest absolute Gasteiger partial charge is 0.396 e. The van der Waals surface area contributed by atoms with E-state index in [0.717, 1.165) is 6.42 Å². The fourth-order valence-corrected chi connectivity index (χ4v) is 2.67. The minimum absolute atomic E-state index is 0.0807. The second-order valence-electron chi connectivity index (χ2n) is 5.91. The summed E-state index contributed by atoms with van der Waals surface area (Å²) in [6.07, 6.45) is 1.64. The molecule has 1 fully saturated rings. The Morgan fingerprint density at radius 1 is 1.26 bits per heavy atom. The number of aliphatic hydroxyl groups is 1. The van der Waals surface area contributed by atoms with Crippen LogP contribution in [0.25, 0.3) is 0 Å². The van der Waals surface area contributed by atoms with Crippen LogP contribution in [0.15, 0.2) is 0 Å². The van der Waals surface area contributed by atoms with E-state index in [2.05, 4.69) is 0 Å². The van der Waals surface area contributed by atoms with Crippen LogP contribution < -0.4 is 0 Å². The summed E-state index contributed by atoms with van der Waals surface area (Å²) in [5, 5.41) is 9.38. The van der Waals surface area contributed by atoms with Gasteiger partial charge in [-0.05, 0) is 13.3 Å². The highest BCUT2D eigenvalue weighted by molar-refractivity contribution is 5.74. The molecule has 1 saturated heterocycles. The third kappa shape index (κ3) is 8.77. The van der Waals surface area contributed by atoms with Gasteiger partial charge >= 0.3 is 0 Å². The average Bonchev–Trinajstić information content (AvgIpc) is 2.95. The molecule has 0 aromatic heterocycles. The summed E-state index contributed by atoms with van der Waals surface area (Å²) in [7, 11) is 5.08. The quantitative estimate of drug-likeness (QED) is 0.653. The Labute approximate surface area is 140 Å². The number of hydrogen-bond donors (Lipinski definition) is 1. The molecule has 0 aromatic rings. The van der Waals surface area contributed by atoms with Gasteiger partial charge in [-0.3, -0.25) is 0 Å². The van der Waals surface area contributed by atoms with Gasteiger partial charge in [0.15, 0.2) is 0 Å². The van der Waals surface area contributed by atoms with E-state index >= 15 is 0 Å². The second-order valence-corrected chi connectivity index (χ2v) is 5.91. The van der Waals surface area contributed by atoms with Gasteiger partial charge in [0, 0.05) is 58.7 Å². The minimum Gasteiger partial charge on any atom is -0.396 e. The molecule has 0 spiro atoms. The van der Waals surface area contributed by atoms with Crippen LogP contribution in [0.3, 0.4) is 0 Å². The zero-order valence-electron chi connectivity index (χ0n) is 15.2. The summed E-state index contributed by atoms with van der Waals surface area (Å²) in [5.74, 6) is 0.936. The Kier molecular flexibility index (Phi) is 13.5. The zero-order chi connectivity index (χ0) is 17.7. The van der Waals surface area contributed by atoms with Crippen molar-refractivity contribution in [1.82, 2.24) is 0 Å². The maximum Gasteiger partial charge on any atom is 0.129 e. The topological polar surface area (TPSA) is 74.2 Å². The zero-order valence-corrected chi connectivity index (χ0v) is 15.2. The van der Waals surface area contributed by atoms with E-state index in [0.29, 0.717) is 32.8 Å². The number of hydrogen-bond acceptors (Lipinski definition) is 6. The van der Waals surface area contributed by atoms with E-state index in [1.165, 1.54) is 0 Å². The van der Waals surface area contributed by atoms with Gasteiger partial charge in [0.2, 0.25) is 0 Å². The average molecular weight is 334 g/mol. The number of rotatable bonds is 10. The number of ketones is 1. The molecular formula is C17H34O6. The van der Waals surface area contributed by atoms with Gasteiger partial charge < -0.3 is 28.8 Å². The molecule has 6 heteroatoms. The lowest BCUT2D eigenvalue weighted by atomic mass is 9.84. The van der Waals surface area contributed by atoms with E-state index in [1.54, 1.807) is 28.3 Å². The molecule has 0 aliphatic carbocycles. The highest BCUT2D eigenvalue weighted by atomic mass is 16.5. The van der Waals surface area contributed by atoms with Crippen molar-refractivity contribution in [2.75, 3.05) is 54.4 Å². The summed E-state index contributed by atoms with van der Waals surface area (Å²) in [6, 6.07) is 0. The molecule has 0 saturated carbocycles. The molecule has 4 unspecified atom stereocenters. The van der Waals surface area contributed by atoms with Crippen LogP contribution in [0.5, 0.6) is 0 Å². The van der Waals surface area contributed by atoms with Gasteiger partial charge in [-0.1, -0.05) is 6.92 Å². The van der Waals surface area contributed by atoms with E-state index < -0.39 is 0 Å². The van der Waals surface area contributed by atoms with Crippen LogP contribution in [-0.2, 0) is 23.7 Å². The second kappa shape index (κ2) is 13.9.